The van der Waals surface area contributed by atoms with Crippen molar-refractivity contribution in [2.45, 2.75) is 45.8 Å². The predicted octanol–water partition coefficient (Wildman–Crippen LogP) is 3.05. The Bertz CT molecular complexity index is 406. The maximum Gasteiger partial charge on any atom is 0.408 e. The van der Waals surface area contributed by atoms with Gasteiger partial charge in [0.05, 0.1) is 6.61 Å². The number of carbonyl (C=O) groups is 1. The van der Waals surface area contributed by atoms with Crippen molar-refractivity contribution >= 4 is 6.09 Å². The Morgan fingerprint density at radius 2 is 2.11 bits per heavy atom. The van der Waals surface area contributed by atoms with E-state index in [1.54, 1.807) is 7.11 Å². The normalized spacial score (nSPS) is 13.1. The zero-order valence-electron chi connectivity index (χ0n) is 12.3. The summed E-state index contributed by atoms with van der Waals surface area (Å²) in [6.45, 7) is 7.80. The third-order valence-corrected chi connectivity index (χ3v) is 2.40. The molecule has 0 radical (unpaired) electrons. The number of aryl methyl sites for hydroxylation is 1. The second kappa shape index (κ2) is 6.61. The van der Waals surface area contributed by atoms with Gasteiger partial charge in [0.1, 0.15) is 23.2 Å². The highest BCUT2D eigenvalue weighted by atomic mass is 16.6. The first-order valence-corrected chi connectivity index (χ1v) is 6.42. The fourth-order valence-electron chi connectivity index (χ4n) is 1.58. The van der Waals surface area contributed by atoms with E-state index in [-0.39, 0.29) is 6.04 Å². The minimum absolute atomic E-state index is 0.329. The number of furan rings is 1. The lowest BCUT2D eigenvalue weighted by atomic mass is 10.2. The molecular weight excluding hydrogens is 246 g/mol. The first kappa shape index (κ1) is 15.6. The highest BCUT2D eigenvalue weighted by Gasteiger charge is 2.22. The molecule has 0 aliphatic heterocycles. The van der Waals surface area contributed by atoms with Gasteiger partial charge in [-0.3, -0.25) is 0 Å². The maximum atomic E-state index is 11.8. The van der Waals surface area contributed by atoms with E-state index >= 15 is 0 Å². The minimum atomic E-state index is -0.528. The van der Waals surface area contributed by atoms with Gasteiger partial charge in [-0.2, -0.15) is 0 Å². The van der Waals surface area contributed by atoms with Crippen LogP contribution in [-0.4, -0.2) is 25.4 Å². The molecule has 0 spiro atoms. The summed E-state index contributed by atoms with van der Waals surface area (Å²) in [5.41, 5.74) is -0.528. The van der Waals surface area contributed by atoms with Crippen molar-refractivity contribution in [2.75, 3.05) is 13.7 Å². The molecule has 0 fully saturated rings. The standard InChI is InChI=1S/C14H23NO4/c1-6-10-7-8-12(18-10)11(9-17-5)15-13(16)19-14(2,3)4/h7-8,11H,6,9H2,1-5H3,(H,15,16)/t11-/m1/s1. The van der Waals surface area contributed by atoms with Gasteiger partial charge >= 0.3 is 6.09 Å². The van der Waals surface area contributed by atoms with Gasteiger partial charge in [-0.1, -0.05) is 6.92 Å². The monoisotopic (exact) mass is 269 g/mol. The van der Waals surface area contributed by atoms with E-state index in [2.05, 4.69) is 5.32 Å². The molecule has 108 valence electrons. The Kier molecular flexibility index (Phi) is 5.42. The molecule has 0 saturated carbocycles. The molecule has 1 aromatic heterocycles. The van der Waals surface area contributed by atoms with E-state index in [9.17, 15) is 4.79 Å². The lowest BCUT2D eigenvalue weighted by Crippen LogP contribution is -2.36. The Morgan fingerprint density at radius 1 is 1.42 bits per heavy atom. The number of methoxy groups -OCH3 is 1. The van der Waals surface area contributed by atoms with Gasteiger partial charge in [0.15, 0.2) is 0 Å². The summed E-state index contributed by atoms with van der Waals surface area (Å²) in [4.78, 5) is 11.8. The number of alkyl carbamates (subject to hydrolysis) is 1. The Hall–Kier alpha value is -1.49. The van der Waals surface area contributed by atoms with Gasteiger partial charge in [-0.25, -0.2) is 4.79 Å². The average molecular weight is 269 g/mol. The van der Waals surface area contributed by atoms with Crippen molar-refractivity contribution in [3.63, 3.8) is 0 Å². The molecule has 1 rings (SSSR count). The fraction of sp³-hybridized carbons (Fsp3) is 0.643. The minimum Gasteiger partial charge on any atom is -0.464 e. The SMILES string of the molecule is CCc1ccc([C@@H](COC)NC(=O)OC(C)(C)C)o1. The molecule has 0 unspecified atom stereocenters. The van der Waals surface area contributed by atoms with Gasteiger partial charge < -0.3 is 19.2 Å². The largest absolute Gasteiger partial charge is 0.464 e. The van der Waals surface area contributed by atoms with Crippen LogP contribution in [0.3, 0.4) is 0 Å². The van der Waals surface area contributed by atoms with Crippen molar-refractivity contribution in [1.82, 2.24) is 5.32 Å². The van der Waals surface area contributed by atoms with Crippen molar-refractivity contribution < 1.29 is 18.7 Å². The molecule has 1 aromatic rings. The van der Waals surface area contributed by atoms with Crippen molar-refractivity contribution in [2.24, 2.45) is 0 Å². The van der Waals surface area contributed by atoms with Gasteiger partial charge in [-0.05, 0) is 32.9 Å². The molecule has 1 N–H and O–H groups in total. The molecule has 1 heterocycles. The zero-order chi connectivity index (χ0) is 14.5. The summed E-state index contributed by atoms with van der Waals surface area (Å²) in [6.07, 6.45) is 0.329. The van der Waals surface area contributed by atoms with Crippen molar-refractivity contribution in [3.05, 3.63) is 23.7 Å². The van der Waals surface area contributed by atoms with Crippen LogP contribution < -0.4 is 5.32 Å². The van der Waals surface area contributed by atoms with E-state index in [4.69, 9.17) is 13.9 Å². The van der Waals surface area contributed by atoms with E-state index in [1.165, 1.54) is 0 Å². The van der Waals surface area contributed by atoms with Crippen molar-refractivity contribution in [3.8, 4) is 0 Å². The number of hydrogen-bond acceptors (Lipinski definition) is 4. The van der Waals surface area contributed by atoms with Gasteiger partial charge in [0.25, 0.3) is 0 Å². The van der Waals surface area contributed by atoms with Crippen LogP contribution in [0.15, 0.2) is 16.5 Å². The van der Waals surface area contributed by atoms with Crippen LogP contribution in [0.4, 0.5) is 4.79 Å². The first-order valence-electron chi connectivity index (χ1n) is 6.42. The topological polar surface area (TPSA) is 60.7 Å². The quantitative estimate of drug-likeness (QED) is 0.892. The summed E-state index contributed by atoms with van der Waals surface area (Å²) in [6, 6.07) is 3.40. The molecule has 1 amide bonds. The summed E-state index contributed by atoms with van der Waals surface area (Å²) < 4.78 is 16.0. The Balaban J connectivity index is 2.69. The molecule has 0 aliphatic rings. The van der Waals surface area contributed by atoms with Crippen molar-refractivity contribution in [1.29, 1.82) is 0 Å². The van der Waals surface area contributed by atoms with Crippen LogP contribution in [0.2, 0.25) is 0 Å². The van der Waals surface area contributed by atoms with Crippen LogP contribution in [-0.2, 0) is 15.9 Å². The maximum absolute atomic E-state index is 11.8. The molecule has 0 aliphatic carbocycles. The Labute approximate surface area is 114 Å². The van der Waals surface area contributed by atoms with Crippen LogP contribution in [0.1, 0.15) is 45.3 Å². The summed E-state index contributed by atoms with van der Waals surface area (Å²) in [7, 11) is 1.58. The third-order valence-electron chi connectivity index (χ3n) is 2.40. The third kappa shape index (κ3) is 5.34. The highest BCUT2D eigenvalue weighted by molar-refractivity contribution is 5.68. The first-order chi connectivity index (χ1) is 8.85. The highest BCUT2D eigenvalue weighted by Crippen LogP contribution is 2.18. The molecule has 0 saturated heterocycles. The van der Waals surface area contributed by atoms with Gasteiger partial charge in [0, 0.05) is 13.5 Å². The summed E-state index contributed by atoms with van der Waals surface area (Å²) in [5.74, 6) is 1.55. The second-order valence-corrected chi connectivity index (χ2v) is 5.31. The molecule has 0 aromatic carbocycles. The molecule has 5 heteroatoms. The predicted molar refractivity (Wildman–Crippen MR) is 72.1 cm³/mol. The molecule has 0 bridgehead atoms. The number of hydrogen-bond donors (Lipinski definition) is 1. The second-order valence-electron chi connectivity index (χ2n) is 5.31. The smallest absolute Gasteiger partial charge is 0.408 e. The lowest BCUT2D eigenvalue weighted by molar-refractivity contribution is 0.0455. The van der Waals surface area contributed by atoms with Crippen LogP contribution >= 0.6 is 0 Å². The van der Waals surface area contributed by atoms with E-state index < -0.39 is 11.7 Å². The molecule has 1 atom stereocenters. The number of ether oxygens (including phenoxy) is 2. The number of carbonyl (C=O) groups excluding carboxylic acids is 1. The molecule has 19 heavy (non-hydrogen) atoms. The fourth-order valence-corrected chi connectivity index (χ4v) is 1.58. The van der Waals surface area contributed by atoms with E-state index in [0.717, 1.165) is 12.2 Å². The Morgan fingerprint density at radius 3 is 2.58 bits per heavy atom. The zero-order valence-corrected chi connectivity index (χ0v) is 12.3. The lowest BCUT2D eigenvalue weighted by Gasteiger charge is -2.22. The van der Waals surface area contributed by atoms with Crippen LogP contribution in [0, 0.1) is 0 Å². The van der Waals surface area contributed by atoms with Crippen LogP contribution in [0.25, 0.3) is 0 Å². The van der Waals surface area contributed by atoms with Gasteiger partial charge in [-0.15, -0.1) is 0 Å². The summed E-state index contributed by atoms with van der Waals surface area (Å²) in [5, 5.41) is 2.75. The van der Waals surface area contributed by atoms with E-state index in [0.29, 0.717) is 12.4 Å². The van der Waals surface area contributed by atoms with E-state index in [1.807, 2.05) is 39.8 Å². The molecule has 5 nitrogen and oxygen atoms in total. The number of amides is 1. The van der Waals surface area contributed by atoms with Crippen LogP contribution in [0.5, 0.6) is 0 Å². The number of rotatable bonds is 5. The summed E-state index contributed by atoms with van der Waals surface area (Å²) >= 11 is 0. The van der Waals surface area contributed by atoms with Gasteiger partial charge in [0.2, 0.25) is 0 Å². The number of nitrogens with one attached hydrogen (secondary N) is 1. The average Bonchev–Trinajstić information content (AvgIpc) is 2.74. The molecular formula is C14H23NO4.